The van der Waals surface area contributed by atoms with E-state index in [1.54, 1.807) is 24.3 Å². The van der Waals surface area contributed by atoms with Gasteiger partial charge in [-0.25, -0.2) is 4.79 Å². The lowest BCUT2D eigenvalue weighted by Crippen LogP contribution is -2.14. The number of alkyl halides is 3. The molecule has 1 aromatic heterocycles. The fourth-order valence-corrected chi connectivity index (χ4v) is 4.08. The minimum atomic E-state index is -4.62. The zero-order valence-corrected chi connectivity index (χ0v) is 18.9. The molecule has 0 saturated heterocycles. The van der Waals surface area contributed by atoms with Crippen molar-refractivity contribution in [3.05, 3.63) is 77.9 Å². The molecule has 0 aliphatic heterocycles. The van der Waals surface area contributed by atoms with Crippen molar-refractivity contribution in [1.29, 1.82) is 0 Å². The van der Waals surface area contributed by atoms with Crippen molar-refractivity contribution in [1.82, 2.24) is 20.6 Å². The summed E-state index contributed by atoms with van der Waals surface area (Å²) in [5.41, 5.74) is -0.233. The van der Waals surface area contributed by atoms with Crippen molar-refractivity contribution in [2.75, 3.05) is 11.9 Å². The number of ether oxygens (including phenoxy) is 1. The van der Waals surface area contributed by atoms with E-state index in [1.807, 2.05) is 0 Å². The molecule has 0 aliphatic rings. The zero-order valence-electron chi connectivity index (χ0n) is 18.1. The molecule has 0 radical (unpaired) electrons. The maximum atomic E-state index is 13.4. The summed E-state index contributed by atoms with van der Waals surface area (Å²) < 4.78 is 45.2. The molecule has 4 aromatic rings. The number of carbonyl (C=O) groups excluding carboxylic acids is 1. The van der Waals surface area contributed by atoms with Gasteiger partial charge in [0.05, 0.1) is 11.3 Å². The Kier molecular flexibility index (Phi) is 7.20. The smallest absolute Gasteiger partial charge is 0.416 e. The lowest BCUT2D eigenvalue weighted by Gasteiger charge is -2.15. The second-order valence-corrected chi connectivity index (χ2v) is 8.29. The van der Waals surface area contributed by atoms with Gasteiger partial charge in [-0.3, -0.25) is 4.79 Å². The van der Waals surface area contributed by atoms with Crippen LogP contribution in [0, 0.1) is 0 Å². The highest BCUT2D eigenvalue weighted by Gasteiger charge is 2.31. The van der Waals surface area contributed by atoms with Crippen LogP contribution in [0.4, 0.5) is 18.9 Å². The van der Waals surface area contributed by atoms with Crippen LogP contribution in [0.15, 0.2) is 76.5 Å². The van der Waals surface area contributed by atoms with Crippen molar-refractivity contribution in [2.24, 2.45) is 0 Å². The molecule has 0 spiro atoms. The predicted octanol–water partition coefficient (Wildman–Crippen LogP) is 4.75. The lowest BCUT2D eigenvalue weighted by molar-refractivity contribution is -0.139. The second kappa shape index (κ2) is 10.5. The average molecular weight is 515 g/mol. The number of carboxylic acids is 1. The highest BCUT2D eigenvalue weighted by molar-refractivity contribution is 7.99. The van der Waals surface area contributed by atoms with Crippen LogP contribution in [0.3, 0.4) is 0 Å². The molecule has 0 saturated carbocycles. The molecule has 184 valence electrons. The van der Waals surface area contributed by atoms with Gasteiger partial charge in [-0.15, -0.1) is 10.2 Å². The summed E-state index contributed by atoms with van der Waals surface area (Å²) in [6.45, 7) is -0.554. The Morgan fingerprint density at radius 1 is 1.03 bits per heavy atom. The van der Waals surface area contributed by atoms with Crippen molar-refractivity contribution in [3.63, 3.8) is 0 Å². The summed E-state index contributed by atoms with van der Waals surface area (Å²) in [7, 11) is 0. The number of anilines is 1. The number of halogens is 3. The summed E-state index contributed by atoms with van der Waals surface area (Å²) in [6.07, 6.45) is -4.62. The van der Waals surface area contributed by atoms with Gasteiger partial charge in [0, 0.05) is 20.9 Å². The standard InChI is InChI=1S/C23H16F3N5O4S/c24-23(25,26)14-7-10-19(36-18-4-2-1-3-16(18)21-28-30-31-29-21)17(11-14)27-22(34)13-5-8-15(9-6-13)35-12-20(32)33/h1-11H,12H2,(H,27,34)(H,32,33)(H,28,29,30,31). The number of carbonyl (C=O) groups is 2. The quantitative estimate of drug-likeness (QED) is 0.307. The number of carboxylic acid groups (broad SMARTS) is 1. The predicted molar refractivity (Wildman–Crippen MR) is 123 cm³/mol. The van der Waals surface area contributed by atoms with Crippen LogP contribution < -0.4 is 10.1 Å². The number of benzene rings is 3. The van der Waals surface area contributed by atoms with Crippen LogP contribution in [-0.4, -0.2) is 44.2 Å². The molecule has 36 heavy (non-hydrogen) atoms. The van der Waals surface area contributed by atoms with Crippen LogP contribution in [0.1, 0.15) is 15.9 Å². The highest BCUT2D eigenvalue weighted by atomic mass is 32.2. The van der Waals surface area contributed by atoms with Crippen molar-refractivity contribution in [3.8, 4) is 17.1 Å². The SMILES string of the molecule is O=C(O)COc1ccc(C(=O)Nc2cc(C(F)(F)F)ccc2Sc2ccccc2-c2nn[nH]n2)cc1. The van der Waals surface area contributed by atoms with Gasteiger partial charge in [0.1, 0.15) is 5.75 Å². The molecule has 0 aliphatic carbocycles. The first kappa shape index (κ1) is 24.7. The minimum Gasteiger partial charge on any atom is -0.482 e. The van der Waals surface area contributed by atoms with Gasteiger partial charge in [0.25, 0.3) is 5.91 Å². The van der Waals surface area contributed by atoms with Crippen LogP contribution >= 0.6 is 11.8 Å². The normalized spacial score (nSPS) is 11.2. The number of aromatic amines is 1. The Balaban J connectivity index is 1.63. The number of aromatic nitrogens is 4. The molecule has 13 heteroatoms. The van der Waals surface area contributed by atoms with E-state index in [-0.39, 0.29) is 17.0 Å². The van der Waals surface area contributed by atoms with Gasteiger partial charge < -0.3 is 15.2 Å². The van der Waals surface area contributed by atoms with E-state index in [2.05, 4.69) is 25.9 Å². The Bertz CT molecular complexity index is 1380. The molecule has 9 nitrogen and oxygen atoms in total. The monoisotopic (exact) mass is 515 g/mol. The highest BCUT2D eigenvalue weighted by Crippen LogP contribution is 2.41. The molecule has 1 heterocycles. The zero-order chi connectivity index (χ0) is 25.7. The molecule has 4 rings (SSSR count). The van der Waals surface area contributed by atoms with E-state index in [1.165, 1.54) is 30.3 Å². The summed E-state index contributed by atoms with van der Waals surface area (Å²) in [5.74, 6) is -1.29. The third-order valence-electron chi connectivity index (χ3n) is 4.73. The molecular weight excluding hydrogens is 499 g/mol. The number of nitrogens with one attached hydrogen (secondary N) is 2. The number of amides is 1. The van der Waals surface area contributed by atoms with E-state index in [0.717, 1.165) is 23.9 Å². The first-order valence-electron chi connectivity index (χ1n) is 10.2. The molecule has 0 atom stereocenters. The Morgan fingerprint density at radius 2 is 1.78 bits per heavy atom. The summed E-state index contributed by atoms with van der Waals surface area (Å²) >= 11 is 1.13. The Morgan fingerprint density at radius 3 is 2.44 bits per heavy atom. The first-order valence-corrected chi connectivity index (χ1v) is 11.0. The lowest BCUT2D eigenvalue weighted by atomic mass is 10.1. The van der Waals surface area contributed by atoms with Gasteiger partial charge in [-0.2, -0.15) is 18.4 Å². The van der Waals surface area contributed by atoms with E-state index < -0.39 is 30.2 Å². The Labute approximate surface area is 205 Å². The molecule has 0 bridgehead atoms. The molecule has 3 aromatic carbocycles. The van der Waals surface area contributed by atoms with Crippen molar-refractivity contribution < 1.29 is 32.6 Å². The van der Waals surface area contributed by atoms with Gasteiger partial charge >= 0.3 is 12.1 Å². The van der Waals surface area contributed by atoms with E-state index in [4.69, 9.17) is 9.84 Å². The summed E-state index contributed by atoms with van der Waals surface area (Å²) in [6, 6.07) is 15.6. The largest absolute Gasteiger partial charge is 0.482 e. The third-order valence-corrected chi connectivity index (χ3v) is 5.88. The van der Waals surface area contributed by atoms with Crippen LogP contribution in [0.25, 0.3) is 11.4 Å². The van der Waals surface area contributed by atoms with Crippen LogP contribution in [0.2, 0.25) is 0 Å². The first-order chi connectivity index (χ1) is 17.2. The molecule has 0 unspecified atom stereocenters. The molecule has 0 fully saturated rings. The maximum absolute atomic E-state index is 13.4. The second-order valence-electron chi connectivity index (χ2n) is 7.20. The minimum absolute atomic E-state index is 0.0473. The van der Waals surface area contributed by atoms with Crippen molar-refractivity contribution >= 4 is 29.3 Å². The topological polar surface area (TPSA) is 130 Å². The van der Waals surface area contributed by atoms with Gasteiger partial charge in [-0.1, -0.05) is 23.9 Å². The van der Waals surface area contributed by atoms with Crippen LogP contribution in [-0.2, 0) is 11.0 Å². The Hall–Kier alpha value is -4.39. The number of rotatable bonds is 8. The summed E-state index contributed by atoms with van der Waals surface area (Å²) in [5, 5.41) is 25.0. The van der Waals surface area contributed by atoms with Crippen molar-refractivity contribution in [2.45, 2.75) is 16.0 Å². The van der Waals surface area contributed by atoms with Gasteiger partial charge in [0.2, 0.25) is 5.82 Å². The number of hydrogen-bond donors (Lipinski definition) is 3. The summed E-state index contributed by atoms with van der Waals surface area (Å²) in [4.78, 5) is 24.4. The fourth-order valence-electron chi connectivity index (χ4n) is 3.07. The third kappa shape index (κ3) is 5.99. The van der Waals surface area contributed by atoms with E-state index in [9.17, 15) is 22.8 Å². The number of hydrogen-bond acceptors (Lipinski definition) is 7. The number of aliphatic carboxylic acids is 1. The molecular formula is C23H16F3N5O4S. The number of H-pyrrole nitrogens is 1. The number of nitrogens with zero attached hydrogens (tertiary/aromatic N) is 3. The van der Waals surface area contributed by atoms with E-state index in [0.29, 0.717) is 21.2 Å². The maximum Gasteiger partial charge on any atom is 0.416 e. The van der Waals surface area contributed by atoms with Crippen LogP contribution in [0.5, 0.6) is 5.75 Å². The average Bonchev–Trinajstić information content (AvgIpc) is 3.38. The van der Waals surface area contributed by atoms with E-state index >= 15 is 0 Å². The molecule has 3 N–H and O–H groups in total. The molecule has 1 amide bonds. The van der Waals surface area contributed by atoms with Gasteiger partial charge in [-0.05, 0) is 59.8 Å². The number of tetrazole rings is 1. The van der Waals surface area contributed by atoms with Gasteiger partial charge in [0.15, 0.2) is 6.61 Å². The fraction of sp³-hybridized carbons (Fsp3) is 0.0870.